The smallest absolute Gasteiger partial charge is 0.253 e. The Labute approximate surface area is 166 Å². The van der Waals surface area contributed by atoms with Gasteiger partial charge in [-0.2, -0.15) is 0 Å². The molecule has 0 bridgehead atoms. The quantitative estimate of drug-likeness (QED) is 0.823. The van der Waals surface area contributed by atoms with Crippen molar-refractivity contribution in [1.29, 1.82) is 0 Å². The molecule has 1 heterocycles. The van der Waals surface area contributed by atoms with Gasteiger partial charge in [0.2, 0.25) is 5.91 Å². The molecule has 5 nitrogen and oxygen atoms in total. The molecule has 0 saturated carbocycles. The van der Waals surface area contributed by atoms with Crippen LogP contribution in [0.5, 0.6) is 0 Å². The summed E-state index contributed by atoms with van der Waals surface area (Å²) in [6.45, 7) is 4.49. The van der Waals surface area contributed by atoms with Crippen molar-refractivity contribution in [3.63, 3.8) is 0 Å². The minimum atomic E-state index is 0. The number of carbonyl (C=O) groups is 2. The number of amides is 2. The Morgan fingerprint density at radius 1 is 0.963 bits per heavy atom. The first-order chi connectivity index (χ1) is 12.5. The van der Waals surface area contributed by atoms with Crippen LogP contribution in [0.25, 0.3) is 0 Å². The molecule has 1 aliphatic heterocycles. The van der Waals surface area contributed by atoms with E-state index in [1.807, 2.05) is 65.3 Å². The summed E-state index contributed by atoms with van der Waals surface area (Å²) in [6.07, 6.45) is 1.16. The lowest BCUT2D eigenvalue weighted by Gasteiger charge is -2.22. The second-order valence-electron chi connectivity index (χ2n) is 6.81. The Morgan fingerprint density at radius 3 is 2.33 bits per heavy atom. The molecule has 2 aromatic rings. The van der Waals surface area contributed by atoms with E-state index in [-0.39, 0.29) is 24.2 Å². The summed E-state index contributed by atoms with van der Waals surface area (Å²) in [5.74, 6) is 0.140. The second kappa shape index (κ2) is 9.42. The van der Waals surface area contributed by atoms with Crippen molar-refractivity contribution in [3.05, 3.63) is 65.2 Å². The van der Waals surface area contributed by atoms with Crippen LogP contribution < -0.4 is 5.73 Å². The van der Waals surface area contributed by atoms with Crippen LogP contribution >= 0.6 is 12.4 Å². The summed E-state index contributed by atoms with van der Waals surface area (Å²) in [5.41, 5.74) is 9.13. The van der Waals surface area contributed by atoms with E-state index in [9.17, 15) is 9.59 Å². The van der Waals surface area contributed by atoms with Gasteiger partial charge in [0.15, 0.2) is 0 Å². The standard InChI is InChI=1S/C21H25N3O2.ClH/c1-16-4-2-5-18(14-16)21(26)24-11-3-10-23(12-13-24)20(25)15-17-6-8-19(22)9-7-17;/h2,4-9,14H,3,10-13,15,22H2,1H3;1H. The van der Waals surface area contributed by atoms with Crippen molar-refractivity contribution in [2.75, 3.05) is 31.9 Å². The van der Waals surface area contributed by atoms with Crippen molar-refractivity contribution >= 4 is 29.9 Å². The molecule has 0 radical (unpaired) electrons. The van der Waals surface area contributed by atoms with Crippen LogP contribution in [-0.4, -0.2) is 47.8 Å². The molecule has 0 spiro atoms. The van der Waals surface area contributed by atoms with Crippen molar-refractivity contribution in [2.45, 2.75) is 19.8 Å². The molecule has 2 amide bonds. The first kappa shape index (κ1) is 20.8. The van der Waals surface area contributed by atoms with Crippen molar-refractivity contribution in [2.24, 2.45) is 0 Å². The summed E-state index contributed by atoms with van der Waals surface area (Å²) in [5, 5.41) is 0. The van der Waals surface area contributed by atoms with Crippen LogP contribution in [0, 0.1) is 6.92 Å². The first-order valence-electron chi connectivity index (χ1n) is 9.01. The molecule has 0 aliphatic carbocycles. The molecule has 6 heteroatoms. The summed E-state index contributed by atoms with van der Waals surface area (Å²) in [7, 11) is 0. The number of aryl methyl sites for hydroxylation is 1. The van der Waals surface area contributed by atoms with Crippen LogP contribution in [0.1, 0.15) is 27.9 Å². The van der Waals surface area contributed by atoms with Gasteiger partial charge in [-0.05, 0) is 43.2 Å². The SMILES string of the molecule is Cc1cccc(C(=O)N2CCCN(C(=O)Cc3ccc(N)cc3)CC2)c1.Cl. The highest BCUT2D eigenvalue weighted by Crippen LogP contribution is 2.13. The zero-order chi connectivity index (χ0) is 18.5. The fourth-order valence-corrected chi connectivity index (χ4v) is 3.25. The maximum atomic E-state index is 12.7. The Bertz CT molecular complexity index is 792. The molecule has 1 fully saturated rings. The van der Waals surface area contributed by atoms with E-state index in [1.165, 1.54) is 0 Å². The highest BCUT2D eigenvalue weighted by molar-refractivity contribution is 5.94. The van der Waals surface area contributed by atoms with Gasteiger partial charge in [0.25, 0.3) is 5.91 Å². The lowest BCUT2D eigenvalue weighted by atomic mass is 10.1. The summed E-state index contributed by atoms with van der Waals surface area (Å²) >= 11 is 0. The lowest BCUT2D eigenvalue weighted by Crippen LogP contribution is -2.38. The number of halogens is 1. The molecule has 1 aliphatic rings. The molecule has 0 aromatic heterocycles. The fourth-order valence-electron chi connectivity index (χ4n) is 3.25. The number of benzene rings is 2. The molecule has 2 aromatic carbocycles. The number of nitrogens with two attached hydrogens (primary N) is 1. The first-order valence-corrected chi connectivity index (χ1v) is 9.01. The van der Waals surface area contributed by atoms with Gasteiger partial charge >= 0.3 is 0 Å². The van der Waals surface area contributed by atoms with Crippen molar-refractivity contribution in [3.8, 4) is 0 Å². The van der Waals surface area contributed by atoms with Gasteiger partial charge in [-0.1, -0.05) is 29.8 Å². The number of rotatable bonds is 3. The van der Waals surface area contributed by atoms with Gasteiger partial charge in [0.05, 0.1) is 6.42 Å². The molecular weight excluding hydrogens is 362 g/mol. The van der Waals surface area contributed by atoms with E-state index in [0.717, 1.165) is 17.5 Å². The van der Waals surface area contributed by atoms with E-state index >= 15 is 0 Å². The predicted molar refractivity (Wildman–Crippen MR) is 110 cm³/mol. The molecule has 2 N–H and O–H groups in total. The Kier molecular flexibility index (Phi) is 7.25. The Balaban J connectivity index is 0.00000261. The lowest BCUT2D eigenvalue weighted by molar-refractivity contribution is -0.130. The Morgan fingerprint density at radius 2 is 1.63 bits per heavy atom. The molecule has 0 unspecified atom stereocenters. The van der Waals surface area contributed by atoms with E-state index in [1.54, 1.807) is 0 Å². The van der Waals surface area contributed by atoms with Gasteiger partial charge < -0.3 is 15.5 Å². The van der Waals surface area contributed by atoms with Crippen molar-refractivity contribution < 1.29 is 9.59 Å². The largest absolute Gasteiger partial charge is 0.399 e. The van der Waals surface area contributed by atoms with Crippen LogP contribution in [0.2, 0.25) is 0 Å². The number of hydrogen-bond acceptors (Lipinski definition) is 3. The van der Waals surface area contributed by atoms with Gasteiger partial charge in [-0.15, -0.1) is 12.4 Å². The number of nitrogen functional groups attached to an aromatic ring is 1. The maximum Gasteiger partial charge on any atom is 0.253 e. The highest BCUT2D eigenvalue weighted by atomic mass is 35.5. The van der Waals surface area contributed by atoms with E-state index < -0.39 is 0 Å². The summed E-state index contributed by atoms with van der Waals surface area (Å²) in [6, 6.07) is 15.1. The van der Waals surface area contributed by atoms with Crippen LogP contribution in [-0.2, 0) is 11.2 Å². The van der Waals surface area contributed by atoms with E-state index in [4.69, 9.17) is 5.73 Å². The minimum absolute atomic E-state index is 0. The van der Waals surface area contributed by atoms with Crippen LogP contribution in [0.4, 0.5) is 5.69 Å². The minimum Gasteiger partial charge on any atom is -0.399 e. The topological polar surface area (TPSA) is 66.6 Å². The third-order valence-corrected chi connectivity index (χ3v) is 4.74. The maximum absolute atomic E-state index is 12.7. The van der Waals surface area contributed by atoms with E-state index in [2.05, 4.69) is 0 Å². The van der Waals surface area contributed by atoms with E-state index in [0.29, 0.717) is 43.9 Å². The molecule has 27 heavy (non-hydrogen) atoms. The predicted octanol–water partition coefficient (Wildman–Crippen LogP) is 2.92. The number of nitrogens with zero attached hydrogens (tertiary/aromatic N) is 2. The monoisotopic (exact) mass is 387 g/mol. The van der Waals surface area contributed by atoms with Crippen LogP contribution in [0.3, 0.4) is 0 Å². The zero-order valence-electron chi connectivity index (χ0n) is 15.6. The fraction of sp³-hybridized carbons (Fsp3) is 0.333. The average molecular weight is 388 g/mol. The zero-order valence-corrected chi connectivity index (χ0v) is 16.4. The normalized spacial score (nSPS) is 14.3. The summed E-state index contributed by atoms with van der Waals surface area (Å²) < 4.78 is 0. The second-order valence-corrected chi connectivity index (χ2v) is 6.81. The van der Waals surface area contributed by atoms with Crippen LogP contribution in [0.15, 0.2) is 48.5 Å². The van der Waals surface area contributed by atoms with Gasteiger partial charge in [-0.3, -0.25) is 9.59 Å². The molecule has 0 atom stereocenters. The molecule has 1 saturated heterocycles. The summed E-state index contributed by atoms with van der Waals surface area (Å²) in [4.78, 5) is 29.0. The van der Waals surface area contributed by atoms with Gasteiger partial charge in [0.1, 0.15) is 0 Å². The third kappa shape index (κ3) is 5.47. The Hall–Kier alpha value is -2.53. The third-order valence-electron chi connectivity index (χ3n) is 4.74. The number of hydrogen-bond donors (Lipinski definition) is 1. The van der Waals surface area contributed by atoms with Crippen molar-refractivity contribution in [1.82, 2.24) is 9.80 Å². The van der Waals surface area contributed by atoms with Gasteiger partial charge in [0, 0.05) is 37.4 Å². The van der Waals surface area contributed by atoms with Gasteiger partial charge in [-0.25, -0.2) is 0 Å². The number of anilines is 1. The highest BCUT2D eigenvalue weighted by Gasteiger charge is 2.22. The molecular formula is C21H26ClN3O2. The number of carbonyl (C=O) groups excluding carboxylic acids is 2. The molecule has 3 rings (SSSR count). The molecule has 144 valence electrons. The average Bonchev–Trinajstić information content (AvgIpc) is 2.89.